The second-order valence-corrected chi connectivity index (χ2v) is 7.47. The average molecular weight is 330 g/mol. The number of carbonyl (C=O) groups excluding carboxylic acids is 1. The minimum Gasteiger partial charge on any atom is -0.508 e. The van der Waals surface area contributed by atoms with Gasteiger partial charge in [0, 0.05) is 11.6 Å². The maximum absolute atomic E-state index is 12.7. The third-order valence-corrected chi connectivity index (χ3v) is 5.64. The van der Waals surface area contributed by atoms with E-state index in [1.165, 1.54) is 25.7 Å². The molecule has 2 amide bonds. The Hall–Kier alpha value is -1.91. The molecule has 1 heterocycles. The van der Waals surface area contributed by atoms with Crippen LogP contribution in [0.25, 0.3) is 0 Å². The smallest absolute Gasteiger partial charge is 0.318 e. The summed E-state index contributed by atoms with van der Waals surface area (Å²) in [5.74, 6) is 2.70. The first kappa shape index (κ1) is 15.6. The van der Waals surface area contributed by atoms with Crippen LogP contribution < -0.4 is 10.1 Å². The molecule has 2 aliphatic carbocycles. The summed E-state index contributed by atoms with van der Waals surface area (Å²) in [5.41, 5.74) is 0.863. The number of hydrogen-bond donors (Lipinski definition) is 2. The summed E-state index contributed by atoms with van der Waals surface area (Å²) in [4.78, 5) is 14.5. The Kier molecular flexibility index (Phi) is 4.25. The molecule has 1 aromatic rings. The molecule has 2 N–H and O–H groups in total. The zero-order chi connectivity index (χ0) is 16.5. The summed E-state index contributed by atoms with van der Waals surface area (Å²) in [6, 6.07) is 5.38. The Labute approximate surface area is 143 Å². The molecule has 2 atom stereocenters. The number of nitrogens with zero attached hydrogens (tertiary/aromatic N) is 1. The fourth-order valence-electron chi connectivity index (χ4n) is 4.17. The van der Waals surface area contributed by atoms with E-state index in [2.05, 4.69) is 5.32 Å². The number of hydrogen-bond acceptors (Lipinski definition) is 3. The number of phenols is 1. The Morgan fingerprint density at radius 1 is 1.21 bits per heavy atom. The van der Waals surface area contributed by atoms with Crippen LogP contribution in [0.5, 0.6) is 11.5 Å². The first-order chi connectivity index (χ1) is 11.7. The molecule has 0 radical (unpaired) electrons. The molecule has 5 nitrogen and oxygen atoms in total. The van der Waals surface area contributed by atoms with Crippen molar-refractivity contribution in [3.8, 4) is 11.5 Å². The monoisotopic (exact) mass is 330 g/mol. The second-order valence-electron chi connectivity index (χ2n) is 7.47. The van der Waals surface area contributed by atoms with Crippen molar-refractivity contribution in [2.45, 2.75) is 51.1 Å². The third-order valence-electron chi connectivity index (χ3n) is 5.64. The van der Waals surface area contributed by atoms with Crippen molar-refractivity contribution in [2.24, 2.45) is 11.8 Å². The van der Waals surface area contributed by atoms with Crippen LogP contribution in [0.3, 0.4) is 0 Å². The zero-order valence-electron chi connectivity index (χ0n) is 14.0. The van der Waals surface area contributed by atoms with Gasteiger partial charge in [0.25, 0.3) is 0 Å². The molecule has 2 saturated carbocycles. The molecule has 1 aliphatic heterocycles. The highest BCUT2D eigenvalue weighted by Gasteiger charge is 2.35. The molecule has 0 aromatic heterocycles. The van der Waals surface area contributed by atoms with Crippen molar-refractivity contribution in [3.63, 3.8) is 0 Å². The topological polar surface area (TPSA) is 61.8 Å². The minimum atomic E-state index is -0.00348. The van der Waals surface area contributed by atoms with Crippen molar-refractivity contribution >= 4 is 6.03 Å². The standard InChI is InChI=1S/C19H26N2O3/c22-17-6-7-18-15(11-17)12-21(8-9-24-18)19(23)20-16-3-1-2-14(10-16)13-4-5-13/h6-7,11,13-14,16,22H,1-5,8-10,12H2,(H,20,23)/t14-,16+/m0/s1. The van der Waals surface area contributed by atoms with Crippen molar-refractivity contribution in [1.82, 2.24) is 10.2 Å². The maximum Gasteiger partial charge on any atom is 0.318 e. The number of phenolic OH excluding ortho intramolecular Hbond substituents is 1. The number of carbonyl (C=O) groups is 1. The summed E-state index contributed by atoms with van der Waals surface area (Å²) in [6.07, 6.45) is 7.56. The van der Waals surface area contributed by atoms with Crippen LogP contribution in [0, 0.1) is 11.8 Å². The van der Waals surface area contributed by atoms with Crippen molar-refractivity contribution in [3.05, 3.63) is 23.8 Å². The van der Waals surface area contributed by atoms with Gasteiger partial charge in [-0.25, -0.2) is 4.79 Å². The number of urea groups is 1. The van der Waals surface area contributed by atoms with E-state index in [0.29, 0.717) is 25.7 Å². The van der Waals surface area contributed by atoms with Gasteiger partial charge < -0.3 is 20.1 Å². The number of ether oxygens (including phenoxy) is 1. The van der Waals surface area contributed by atoms with Crippen LogP contribution >= 0.6 is 0 Å². The highest BCUT2D eigenvalue weighted by atomic mass is 16.5. The number of nitrogens with one attached hydrogen (secondary N) is 1. The SMILES string of the molecule is O=C(N[C@@H]1CCC[C@H](C2CC2)C1)N1CCOc2ccc(O)cc2C1. The van der Waals surface area contributed by atoms with E-state index < -0.39 is 0 Å². The molecule has 0 spiro atoms. The van der Waals surface area contributed by atoms with Crippen LogP contribution in [-0.4, -0.2) is 35.2 Å². The van der Waals surface area contributed by atoms with Gasteiger partial charge in [-0.2, -0.15) is 0 Å². The minimum absolute atomic E-state index is 0.00348. The fourth-order valence-corrected chi connectivity index (χ4v) is 4.17. The van der Waals surface area contributed by atoms with E-state index in [4.69, 9.17) is 4.74 Å². The van der Waals surface area contributed by atoms with Crippen LogP contribution in [0.1, 0.15) is 44.1 Å². The van der Waals surface area contributed by atoms with Gasteiger partial charge in [-0.3, -0.25) is 0 Å². The average Bonchev–Trinajstić information content (AvgIpc) is 3.41. The van der Waals surface area contributed by atoms with Crippen molar-refractivity contribution < 1.29 is 14.6 Å². The highest BCUT2D eigenvalue weighted by molar-refractivity contribution is 5.74. The van der Waals surface area contributed by atoms with Gasteiger partial charge in [-0.1, -0.05) is 12.8 Å². The fraction of sp³-hybridized carbons (Fsp3) is 0.632. The molecule has 0 unspecified atom stereocenters. The van der Waals surface area contributed by atoms with E-state index in [0.717, 1.165) is 36.0 Å². The van der Waals surface area contributed by atoms with Crippen LogP contribution in [0.2, 0.25) is 0 Å². The van der Waals surface area contributed by atoms with E-state index >= 15 is 0 Å². The predicted molar refractivity (Wildman–Crippen MR) is 91.0 cm³/mol. The van der Waals surface area contributed by atoms with Gasteiger partial charge in [-0.05, 0) is 55.7 Å². The first-order valence-corrected chi connectivity index (χ1v) is 9.19. The van der Waals surface area contributed by atoms with Gasteiger partial charge in [0.1, 0.15) is 18.1 Å². The van der Waals surface area contributed by atoms with Crippen LogP contribution in [0.15, 0.2) is 18.2 Å². The lowest BCUT2D eigenvalue weighted by molar-refractivity contribution is 0.175. The Balaban J connectivity index is 1.38. The summed E-state index contributed by atoms with van der Waals surface area (Å²) in [5, 5.41) is 12.9. The van der Waals surface area contributed by atoms with Gasteiger partial charge in [0.15, 0.2) is 0 Å². The molecule has 3 aliphatic rings. The summed E-state index contributed by atoms with van der Waals surface area (Å²) in [6.45, 7) is 1.54. The lowest BCUT2D eigenvalue weighted by Gasteiger charge is -2.31. The highest BCUT2D eigenvalue weighted by Crippen LogP contribution is 2.43. The molecule has 5 heteroatoms. The molecule has 0 saturated heterocycles. The van der Waals surface area contributed by atoms with E-state index in [9.17, 15) is 9.90 Å². The maximum atomic E-state index is 12.7. The van der Waals surface area contributed by atoms with Crippen molar-refractivity contribution in [2.75, 3.05) is 13.2 Å². The van der Waals surface area contributed by atoms with E-state index in [1.807, 2.05) is 0 Å². The number of benzene rings is 1. The zero-order valence-corrected chi connectivity index (χ0v) is 14.0. The quantitative estimate of drug-likeness (QED) is 0.875. The molecule has 0 bridgehead atoms. The van der Waals surface area contributed by atoms with Crippen molar-refractivity contribution in [1.29, 1.82) is 0 Å². The number of aromatic hydroxyl groups is 1. The molecule has 4 rings (SSSR count). The first-order valence-electron chi connectivity index (χ1n) is 9.19. The third kappa shape index (κ3) is 3.45. The van der Waals surface area contributed by atoms with Gasteiger partial charge in [0.2, 0.25) is 0 Å². The largest absolute Gasteiger partial charge is 0.508 e. The molecule has 130 valence electrons. The molecule has 1 aromatic carbocycles. The molecule has 2 fully saturated rings. The number of rotatable bonds is 2. The predicted octanol–water partition coefficient (Wildman–Crippen LogP) is 3.27. The van der Waals surface area contributed by atoms with Gasteiger partial charge >= 0.3 is 6.03 Å². The summed E-state index contributed by atoms with van der Waals surface area (Å²) < 4.78 is 5.70. The van der Waals surface area contributed by atoms with Crippen LogP contribution in [-0.2, 0) is 6.54 Å². The number of fused-ring (bicyclic) bond motifs is 1. The summed E-state index contributed by atoms with van der Waals surface area (Å²) in [7, 11) is 0. The Morgan fingerprint density at radius 2 is 2.08 bits per heavy atom. The lowest BCUT2D eigenvalue weighted by atomic mass is 9.83. The Morgan fingerprint density at radius 3 is 2.92 bits per heavy atom. The van der Waals surface area contributed by atoms with E-state index in [1.54, 1.807) is 23.1 Å². The van der Waals surface area contributed by atoms with Gasteiger partial charge in [0.05, 0.1) is 13.1 Å². The normalized spacial score (nSPS) is 26.9. The molecular formula is C19H26N2O3. The van der Waals surface area contributed by atoms with Gasteiger partial charge in [-0.15, -0.1) is 0 Å². The summed E-state index contributed by atoms with van der Waals surface area (Å²) >= 11 is 0. The number of amides is 2. The Bertz CT molecular complexity index is 615. The lowest BCUT2D eigenvalue weighted by Crippen LogP contribution is -2.46. The molecule has 24 heavy (non-hydrogen) atoms. The van der Waals surface area contributed by atoms with Crippen LogP contribution in [0.4, 0.5) is 4.79 Å². The second kappa shape index (κ2) is 6.54. The van der Waals surface area contributed by atoms with E-state index in [-0.39, 0.29) is 11.8 Å². The molecular weight excluding hydrogens is 304 g/mol.